The summed E-state index contributed by atoms with van der Waals surface area (Å²) >= 11 is 0. The van der Waals surface area contributed by atoms with Crippen LogP contribution in [0.5, 0.6) is 23.0 Å². The van der Waals surface area contributed by atoms with E-state index in [4.69, 9.17) is 18.9 Å². The molecule has 268 valence electrons. The molecule has 0 bridgehead atoms. The SMILES string of the molecule is COc1ccc(CC(C)[C@@H](C(=O)[C@H](C(C)Cc2ccc(OC)c(OC)c2)N2C(=O)c3ccccc3C2=O)N2C(=O)c3ccccc3C2=O)cc1OC. The minimum absolute atomic E-state index is 0.180. The molecular weight excluding hydrogens is 664 g/mol. The molecule has 6 rings (SSSR count). The lowest BCUT2D eigenvalue weighted by Crippen LogP contribution is -2.59. The molecule has 0 radical (unpaired) electrons. The van der Waals surface area contributed by atoms with Crippen molar-refractivity contribution in [2.24, 2.45) is 11.8 Å². The maximum absolute atomic E-state index is 15.4. The van der Waals surface area contributed by atoms with Crippen LogP contribution < -0.4 is 18.9 Å². The van der Waals surface area contributed by atoms with Gasteiger partial charge >= 0.3 is 0 Å². The van der Waals surface area contributed by atoms with Gasteiger partial charge in [0, 0.05) is 0 Å². The predicted octanol–water partition coefficient (Wildman–Crippen LogP) is 5.68. The van der Waals surface area contributed by atoms with Crippen molar-refractivity contribution >= 4 is 29.4 Å². The number of amides is 4. The van der Waals surface area contributed by atoms with Crippen molar-refractivity contribution in [2.75, 3.05) is 28.4 Å². The van der Waals surface area contributed by atoms with Crippen LogP contribution in [0.1, 0.15) is 66.4 Å². The second kappa shape index (κ2) is 14.7. The summed E-state index contributed by atoms with van der Waals surface area (Å²) in [4.78, 5) is 73.8. The van der Waals surface area contributed by atoms with E-state index in [9.17, 15) is 19.2 Å². The van der Waals surface area contributed by atoms with Gasteiger partial charge in [-0.15, -0.1) is 0 Å². The van der Waals surface area contributed by atoms with Crippen molar-refractivity contribution in [3.63, 3.8) is 0 Å². The number of carbonyl (C=O) groups is 5. The number of ketones is 1. The Bertz CT molecular complexity index is 1860. The molecule has 4 aromatic rings. The Morgan fingerprint density at radius 1 is 0.500 bits per heavy atom. The number of imide groups is 2. The maximum atomic E-state index is 15.4. The molecule has 4 amide bonds. The number of fused-ring (bicyclic) bond motifs is 2. The molecule has 0 spiro atoms. The first-order valence-electron chi connectivity index (χ1n) is 16.9. The van der Waals surface area contributed by atoms with Gasteiger partial charge in [0.1, 0.15) is 12.1 Å². The summed E-state index contributed by atoms with van der Waals surface area (Å²) in [7, 11) is 6.09. The Labute approximate surface area is 302 Å². The van der Waals surface area contributed by atoms with E-state index >= 15 is 4.79 Å². The topological polar surface area (TPSA) is 129 Å². The van der Waals surface area contributed by atoms with E-state index in [0.29, 0.717) is 23.0 Å². The van der Waals surface area contributed by atoms with Gasteiger partial charge in [0.2, 0.25) is 0 Å². The summed E-state index contributed by atoms with van der Waals surface area (Å²) in [6.07, 6.45) is 0.478. The molecule has 4 atom stereocenters. The zero-order valence-electron chi connectivity index (χ0n) is 29.9. The van der Waals surface area contributed by atoms with Gasteiger partial charge in [0.05, 0.1) is 50.7 Å². The Hall–Kier alpha value is -5.97. The molecule has 0 saturated carbocycles. The van der Waals surface area contributed by atoms with E-state index in [1.54, 1.807) is 86.6 Å². The third-order valence-corrected chi connectivity index (χ3v) is 9.88. The molecule has 0 N–H and O–H groups in total. The number of Topliss-reactive ketones (excluding diaryl/α,β-unsaturated/α-hetero) is 1. The van der Waals surface area contributed by atoms with Crippen LogP contribution >= 0.6 is 0 Å². The minimum atomic E-state index is -1.36. The second-order valence-corrected chi connectivity index (χ2v) is 13.1. The van der Waals surface area contributed by atoms with Gasteiger partial charge in [-0.25, -0.2) is 0 Å². The number of carbonyl (C=O) groups excluding carboxylic acids is 5. The first-order valence-corrected chi connectivity index (χ1v) is 16.9. The van der Waals surface area contributed by atoms with E-state index in [0.717, 1.165) is 20.9 Å². The molecule has 2 heterocycles. The molecule has 2 aliphatic heterocycles. The summed E-state index contributed by atoms with van der Waals surface area (Å²) in [5.74, 6) is -2.44. The highest BCUT2D eigenvalue weighted by Crippen LogP contribution is 2.37. The first-order chi connectivity index (χ1) is 25.0. The number of rotatable bonds is 14. The predicted molar refractivity (Wildman–Crippen MR) is 191 cm³/mol. The monoisotopic (exact) mass is 704 g/mol. The normalized spacial score (nSPS) is 15.9. The molecule has 0 fully saturated rings. The summed E-state index contributed by atoms with van der Waals surface area (Å²) in [5, 5.41) is 0. The lowest BCUT2D eigenvalue weighted by molar-refractivity contribution is -0.129. The quantitative estimate of drug-likeness (QED) is 0.152. The Morgan fingerprint density at radius 3 is 1.10 bits per heavy atom. The Balaban J connectivity index is 1.46. The molecule has 52 heavy (non-hydrogen) atoms. The van der Waals surface area contributed by atoms with Crippen LogP contribution in [0.15, 0.2) is 84.9 Å². The smallest absolute Gasteiger partial charge is 0.262 e. The largest absolute Gasteiger partial charge is 0.493 e. The van der Waals surface area contributed by atoms with Crippen LogP contribution in [0.25, 0.3) is 0 Å². The van der Waals surface area contributed by atoms with E-state index in [-0.39, 0.29) is 35.1 Å². The van der Waals surface area contributed by atoms with Crippen molar-refractivity contribution in [3.05, 3.63) is 118 Å². The third kappa shape index (κ3) is 6.27. The summed E-state index contributed by atoms with van der Waals surface area (Å²) in [5.41, 5.74) is 2.24. The van der Waals surface area contributed by atoms with E-state index in [1.165, 1.54) is 28.4 Å². The lowest BCUT2D eigenvalue weighted by Gasteiger charge is -2.37. The van der Waals surface area contributed by atoms with Crippen LogP contribution in [0.2, 0.25) is 0 Å². The Kier molecular flexibility index (Phi) is 10.1. The summed E-state index contributed by atoms with van der Waals surface area (Å²) < 4.78 is 21.8. The molecule has 4 aromatic carbocycles. The fraction of sp³-hybridized carbons (Fsp3) is 0.293. The van der Waals surface area contributed by atoms with E-state index < -0.39 is 53.3 Å². The molecule has 0 saturated heterocycles. The van der Waals surface area contributed by atoms with Gasteiger partial charge < -0.3 is 18.9 Å². The number of hydrogen-bond donors (Lipinski definition) is 0. The van der Waals surface area contributed by atoms with Gasteiger partial charge in [-0.3, -0.25) is 33.8 Å². The minimum Gasteiger partial charge on any atom is -0.493 e. The highest BCUT2D eigenvalue weighted by Gasteiger charge is 2.51. The molecule has 11 nitrogen and oxygen atoms in total. The molecule has 0 aromatic heterocycles. The second-order valence-electron chi connectivity index (χ2n) is 13.1. The van der Waals surface area contributed by atoms with Crippen LogP contribution in [0.3, 0.4) is 0 Å². The average molecular weight is 705 g/mol. The number of benzene rings is 4. The fourth-order valence-electron chi connectivity index (χ4n) is 7.40. The van der Waals surface area contributed by atoms with Crippen LogP contribution in [0.4, 0.5) is 0 Å². The van der Waals surface area contributed by atoms with Gasteiger partial charge in [-0.05, 0) is 84.3 Å². The Morgan fingerprint density at radius 2 is 0.808 bits per heavy atom. The van der Waals surface area contributed by atoms with E-state index in [1.807, 2.05) is 12.1 Å². The van der Waals surface area contributed by atoms with Crippen LogP contribution in [0, 0.1) is 11.8 Å². The standard InChI is InChI=1S/C41H40N2O9/c1-23(19-25-15-17-31(49-3)33(21-25)51-5)35(42-38(45)27-11-7-8-12-28(27)39(42)46)37(44)36(43-40(47)29-13-9-10-14-30(29)41(43)48)24(2)20-26-16-18-32(50-4)34(22-26)52-6/h7-18,21-24,35-36H,19-20H2,1-6H3/t23?,24?,35-,36-/m0/s1. The molecule has 0 aliphatic carbocycles. The van der Waals surface area contributed by atoms with Crippen molar-refractivity contribution < 1.29 is 42.9 Å². The number of ether oxygens (including phenoxy) is 4. The summed E-state index contributed by atoms with van der Waals surface area (Å²) in [6, 6.07) is 20.8. The van der Waals surface area contributed by atoms with E-state index in [2.05, 4.69) is 0 Å². The fourth-order valence-corrected chi connectivity index (χ4v) is 7.40. The zero-order valence-corrected chi connectivity index (χ0v) is 29.9. The number of methoxy groups -OCH3 is 4. The van der Waals surface area contributed by atoms with Gasteiger partial charge in [0.25, 0.3) is 23.6 Å². The van der Waals surface area contributed by atoms with Crippen molar-refractivity contribution in [1.29, 1.82) is 0 Å². The van der Waals surface area contributed by atoms with Gasteiger partial charge in [-0.1, -0.05) is 50.2 Å². The van der Waals surface area contributed by atoms with Gasteiger partial charge in [0.15, 0.2) is 28.8 Å². The molecule has 2 aliphatic rings. The lowest BCUT2D eigenvalue weighted by atomic mass is 9.81. The maximum Gasteiger partial charge on any atom is 0.262 e. The molecule has 11 heteroatoms. The average Bonchev–Trinajstić information content (AvgIpc) is 3.55. The van der Waals surface area contributed by atoms with Gasteiger partial charge in [-0.2, -0.15) is 0 Å². The molecule has 2 unspecified atom stereocenters. The highest BCUT2D eigenvalue weighted by molar-refractivity contribution is 6.25. The third-order valence-electron chi connectivity index (χ3n) is 9.88. The van der Waals surface area contributed by atoms with Crippen LogP contribution in [-0.2, 0) is 17.6 Å². The molecular formula is C41H40N2O9. The zero-order chi connectivity index (χ0) is 37.3. The highest BCUT2D eigenvalue weighted by atomic mass is 16.5. The summed E-state index contributed by atoms with van der Waals surface area (Å²) in [6.45, 7) is 3.56. The van der Waals surface area contributed by atoms with Crippen molar-refractivity contribution in [3.8, 4) is 23.0 Å². The first kappa shape index (κ1) is 35.8. The van der Waals surface area contributed by atoms with Crippen molar-refractivity contribution in [2.45, 2.75) is 38.8 Å². The van der Waals surface area contributed by atoms with Crippen LogP contribution in [-0.4, -0.2) is 79.7 Å². The van der Waals surface area contributed by atoms with Crippen molar-refractivity contribution in [1.82, 2.24) is 9.80 Å². The number of hydrogen-bond acceptors (Lipinski definition) is 9. The number of nitrogens with zero attached hydrogens (tertiary/aromatic N) is 2.